The van der Waals surface area contributed by atoms with E-state index in [0.717, 1.165) is 26.2 Å². The van der Waals surface area contributed by atoms with Crippen LogP contribution >= 0.6 is 24.8 Å². The van der Waals surface area contributed by atoms with E-state index >= 15 is 0 Å². The summed E-state index contributed by atoms with van der Waals surface area (Å²) >= 11 is 0. The molecule has 2 fully saturated rings. The van der Waals surface area contributed by atoms with Crippen molar-refractivity contribution in [3.8, 4) is 0 Å². The smallest absolute Gasteiger partial charge is 0.243 e. The Hall–Kier alpha value is -0.940. The zero-order chi connectivity index (χ0) is 18.6. The van der Waals surface area contributed by atoms with E-state index in [4.69, 9.17) is 4.74 Å². The van der Waals surface area contributed by atoms with E-state index in [1.165, 1.54) is 4.31 Å². The molecule has 0 unspecified atom stereocenters. The third-order valence-corrected chi connectivity index (χ3v) is 6.68. The molecule has 0 aliphatic carbocycles. The number of hydrogen-bond donors (Lipinski definition) is 2. The first-order valence-electron chi connectivity index (χ1n) is 8.88. The normalized spacial score (nSPS) is 18.6. The van der Waals surface area contributed by atoms with E-state index in [1.807, 2.05) is 0 Å². The Kier molecular flexibility index (Phi) is 10.1. The molecule has 0 atom stereocenters. The number of sulfonamides is 1. The number of nitrogens with one attached hydrogen (secondary N) is 2. The number of anilines is 1. The molecule has 1 amide bonds. The second-order valence-electron chi connectivity index (χ2n) is 6.57. The van der Waals surface area contributed by atoms with Gasteiger partial charge in [-0.3, -0.25) is 9.69 Å². The average Bonchev–Trinajstić information content (AvgIpc) is 2.64. The number of halogens is 2. The highest BCUT2D eigenvalue weighted by atomic mass is 35.5. The second kappa shape index (κ2) is 11.3. The minimum atomic E-state index is -3.59. The molecule has 2 heterocycles. The van der Waals surface area contributed by atoms with Gasteiger partial charge in [0.15, 0.2) is 0 Å². The van der Waals surface area contributed by atoms with Crippen LogP contribution in [0, 0.1) is 6.92 Å². The maximum Gasteiger partial charge on any atom is 0.243 e. The lowest BCUT2D eigenvalue weighted by Crippen LogP contribution is -2.46. The fourth-order valence-corrected chi connectivity index (χ4v) is 4.81. The van der Waals surface area contributed by atoms with E-state index in [0.29, 0.717) is 44.1 Å². The third kappa shape index (κ3) is 6.28. The summed E-state index contributed by atoms with van der Waals surface area (Å²) in [5.74, 6) is -0.134. The predicted molar refractivity (Wildman–Crippen MR) is 113 cm³/mol. The van der Waals surface area contributed by atoms with Crippen molar-refractivity contribution >= 4 is 46.4 Å². The molecule has 1 aromatic carbocycles. The number of nitrogens with zero attached hydrogens (tertiary/aromatic N) is 2. The number of amides is 1. The van der Waals surface area contributed by atoms with Crippen LogP contribution in [0.25, 0.3) is 0 Å². The number of ether oxygens (including phenoxy) is 1. The Balaban J connectivity index is 0.00000196. The summed E-state index contributed by atoms with van der Waals surface area (Å²) in [6, 6.07) is 5.02. The van der Waals surface area contributed by atoms with E-state index < -0.39 is 10.0 Å². The average molecular weight is 455 g/mol. The Bertz CT molecular complexity index is 752. The molecule has 3 rings (SSSR count). The first-order chi connectivity index (χ1) is 12.5. The molecule has 0 radical (unpaired) electrons. The van der Waals surface area contributed by atoms with Gasteiger partial charge < -0.3 is 15.4 Å². The number of carbonyl (C=O) groups excluding carboxylic acids is 1. The van der Waals surface area contributed by atoms with Crippen molar-refractivity contribution in [2.45, 2.75) is 11.8 Å². The van der Waals surface area contributed by atoms with Gasteiger partial charge in [-0.25, -0.2) is 8.42 Å². The molecule has 2 aliphatic heterocycles. The van der Waals surface area contributed by atoms with E-state index in [9.17, 15) is 13.2 Å². The van der Waals surface area contributed by atoms with Crippen LogP contribution in [0.5, 0.6) is 0 Å². The summed E-state index contributed by atoms with van der Waals surface area (Å²) in [5.41, 5.74) is 1.17. The molecule has 0 saturated carbocycles. The fourth-order valence-electron chi connectivity index (χ4n) is 3.15. The third-order valence-electron chi connectivity index (χ3n) is 4.64. The Morgan fingerprint density at radius 1 is 1.14 bits per heavy atom. The highest BCUT2D eigenvalue weighted by molar-refractivity contribution is 7.89. The summed E-state index contributed by atoms with van der Waals surface area (Å²) in [5, 5.41) is 6.07. The lowest BCUT2D eigenvalue weighted by molar-refractivity contribution is -0.117. The van der Waals surface area contributed by atoms with Crippen LogP contribution < -0.4 is 10.6 Å². The van der Waals surface area contributed by atoms with Crippen LogP contribution in [0.4, 0.5) is 5.69 Å². The van der Waals surface area contributed by atoms with Gasteiger partial charge in [0.05, 0.1) is 24.7 Å². The van der Waals surface area contributed by atoms with Gasteiger partial charge in [-0.05, 0) is 24.6 Å². The van der Waals surface area contributed by atoms with Crippen molar-refractivity contribution in [3.63, 3.8) is 0 Å². The maximum absolute atomic E-state index is 12.9. The van der Waals surface area contributed by atoms with Crippen LogP contribution in [-0.4, -0.2) is 82.6 Å². The molecule has 1 aromatic rings. The first kappa shape index (κ1) is 25.1. The number of carbonyl (C=O) groups is 1. The highest BCUT2D eigenvalue weighted by Crippen LogP contribution is 2.24. The molecule has 0 spiro atoms. The topological polar surface area (TPSA) is 91.0 Å². The van der Waals surface area contributed by atoms with Crippen molar-refractivity contribution in [2.75, 3.05) is 64.3 Å². The molecule has 28 heavy (non-hydrogen) atoms. The van der Waals surface area contributed by atoms with Crippen molar-refractivity contribution < 1.29 is 17.9 Å². The summed E-state index contributed by atoms with van der Waals surface area (Å²) in [6.07, 6.45) is 0. The lowest BCUT2D eigenvalue weighted by atomic mass is 10.2. The summed E-state index contributed by atoms with van der Waals surface area (Å²) < 4.78 is 32.5. The van der Waals surface area contributed by atoms with Crippen molar-refractivity contribution in [1.29, 1.82) is 0 Å². The zero-order valence-corrected chi connectivity index (χ0v) is 18.3. The van der Waals surface area contributed by atoms with Crippen LogP contribution in [0.3, 0.4) is 0 Å². The monoisotopic (exact) mass is 454 g/mol. The SMILES string of the molecule is Cc1ccc(NC(=O)CN2CCNCC2)cc1S(=O)(=O)N1CCOCC1.Cl.Cl. The van der Waals surface area contributed by atoms with Gasteiger partial charge in [0.2, 0.25) is 15.9 Å². The van der Waals surface area contributed by atoms with Crippen LogP contribution in [0.15, 0.2) is 23.1 Å². The van der Waals surface area contributed by atoms with Gasteiger partial charge >= 0.3 is 0 Å². The predicted octanol–water partition coefficient (Wildman–Crippen LogP) is 0.703. The molecule has 160 valence electrons. The molecule has 2 saturated heterocycles. The minimum absolute atomic E-state index is 0. The Morgan fingerprint density at radius 2 is 1.79 bits per heavy atom. The lowest BCUT2D eigenvalue weighted by Gasteiger charge is -2.27. The molecule has 11 heteroatoms. The number of rotatable bonds is 5. The number of aryl methyl sites for hydroxylation is 1. The number of piperazine rings is 1. The van der Waals surface area contributed by atoms with Crippen molar-refractivity contribution in [3.05, 3.63) is 23.8 Å². The van der Waals surface area contributed by atoms with Gasteiger partial charge in [-0.15, -0.1) is 24.8 Å². The van der Waals surface area contributed by atoms with E-state index in [-0.39, 0.29) is 35.6 Å². The standard InChI is InChI=1S/C17H26N4O4S.2ClH/c1-14-2-3-15(19-17(22)13-20-6-4-18-5-7-20)12-16(14)26(23,24)21-8-10-25-11-9-21;;/h2-3,12,18H,4-11,13H2,1H3,(H,19,22);2*1H. The first-order valence-corrected chi connectivity index (χ1v) is 10.3. The van der Waals surface area contributed by atoms with E-state index in [2.05, 4.69) is 15.5 Å². The van der Waals surface area contributed by atoms with Crippen LogP contribution in [-0.2, 0) is 19.6 Å². The van der Waals surface area contributed by atoms with Crippen molar-refractivity contribution in [2.24, 2.45) is 0 Å². The number of benzene rings is 1. The van der Waals surface area contributed by atoms with Crippen molar-refractivity contribution in [1.82, 2.24) is 14.5 Å². The fraction of sp³-hybridized carbons (Fsp3) is 0.588. The Morgan fingerprint density at radius 3 is 2.43 bits per heavy atom. The molecular formula is C17H28Cl2N4O4S. The minimum Gasteiger partial charge on any atom is -0.379 e. The maximum atomic E-state index is 12.9. The summed E-state index contributed by atoms with van der Waals surface area (Å²) in [6.45, 7) is 6.98. The molecule has 0 aromatic heterocycles. The largest absolute Gasteiger partial charge is 0.379 e. The number of hydrogen-bond acceptors (Lipinski definition) is 6. The summed E-state index contributed by atoms with van der Waals surface area (Å²) in [7, 11) is -3.59. The van der Waals surface area contributed by atoms with Gasteiger partial charge in [0, 0.05) is 45.0 Å². The van der Waals surface area contributed by atoms with Gasteiger partial charge in [0.1, 0.15) is 0 Å². The molecule has 0 bridgehead atoms. The van der Waals surface area contributed by atoms with Crippen LogP contribution in [0.1, 0.15) is 5.56 Å². The summed E-state index contributed by atoms with van der Waals surface area (Å²) in [4.78, 5) is 14.6. The molecular weight excluding hydrogens is 427 g/mol. The second-order valence-corrected chi connectivity index (χ2v) is 8.48. The quantitative estimate of drug-likeness (QED) is 0.680. The molecule has 2 N–H and O–H groups in total. The number of morpholine rings is 1. The zero-order valence-electron chi connectivity index (χ0n) is 15.8. The molecule has 2 aliphatic rings. The Labute approximate surface area is 178 Å². The van der Waals surface area contributed by atoms with Gasteiger partial charge in [0.25, 0.3) is 0 Å². The van der Waals surface area contributed by atoms with Gasteiger partial charge in [-0.1, -0.05) is 6.07 Å². The highest BCUT2D eigenvalue weighted by Gasteiger charge is 2.28. The van der Waals surface area contributed by atoms with Crippen LogP contribution in [0.2, 0.25) is 0 Å². The van der Waals surface area contributed by atoms with E-state index in [1.54, 1.807) is 25.1 Å². The molecule has 8 nitrogen and oxygen atoms in total. The van der Waals surface area contributed by atoms with Gasteiger partial charge in [-0.2, -0.15) is 4.31 Å².